The van der Waals surface area contributed by atoms with Crippen LogP contribution >= 0.6 is 0 Å². The first-order valence-electron chi connectivity index (χ1n) is 8.98. The van der Waals surface area contributed by atoms with Crippen LogP contribution in [0.4, 0.5) is 4.79 Å². The van der Waals surface area contributed by atoms with Gasteiger partial charge in [0.05, 0.1) is 18.7 Å². The zero-order chi connectivity index (χ0) is 18.4. The van der Waals surface area contributed by atoms with Crippen molar-refractivity contribution >= 4 is 23.0 Å². The lowest BCUT2D eigenvalue weighted by atomic mass is 10.1. The summed E-state index contributed by atoms with van der Waals surface area (Å²) in [6.07, 6.45) is 3.21. The lowest BCUT2D eigenvalue weighted by Gasteiger charge is -2.31. The van der Waals surface area contributed by atoms with Gasteiger partial charge in [-0.1, -0.05) is 18.2 Å². The fourth-order valence-electron chi connectivity index (χ4n) is 3.14. The number of nitrogens with two attached hydrogens (primary N) is 1. The van der Waals surface area contributed by atoms with Gasteiger partial charge in [0, 0.05) is 30.7 Å². The van der Waals surface area contributed by atoms with Crippen LogP contribution in [0, 0.1) is 0 Å². The highest BCUT2D eigenvalue weighted by Gasteiger charge is 2.23. The summed E-state index contributed by atoms with van der Waals surface area (Å²) in [4.78, 5) is 22.3. The van der Waals surface area contributed by atoms with E-state index in [1.165, 1.54) is 0 Å². The van der Waals surface area contributed by atoms with Gasteiger partial charge < -0.3 is 20.7 Å². The first kappa shape index (κ1) is 18.0. The van der Waals surface area contributed by atoms with Crippen LogP contribution in [0.2, 0.25) is 0 Å². The zero-order valence-corrected chi connectivity index (χ0v) is 15.0. The second-order valence-corrected chi connectivity index (χ2v) is 6.29. The van der Waals surface area contributed by atoms with Crippen LogP contribution in [-0.4, -0.2) is 47.7 Å². The Labute approximate surface area is 153 Å². The van der Waals surface area contributed by atoms with Gasteiger partial charge in [-0.15, -0.1) is 0 Å². The Morgan fingerprint density at radius 2 is 2.12 bits per heavy atom. The molecule has 1 aromatic carbocycles. The second kappa shape index (κ2) is 8.51. The predicted octanol–water partition coefficient (Wildman–Crippen LogP) is 2.26. The number of hydrogen-bond acceptors (Lipinski definition) is 4. The maximum Gasteiger partial charge on any atom is 0.409 e. The van der Waals surface area contributed by atoms with Gasteiger partial charge in [0.25, 0.3) is 0 Å². The minimum absolute atomic E-state index is 0.221. The molecule has 0 unspecified atom stereocenters. The number of benzene rings is 1. The summed E-state index contributed by atoms with van der Waals surface area (Å²) in [6.45, 7) is 4.05. The first-order chi connectivity index (χ1) is 12.7. The van der Waals surface area contributed by atoms with Crippen LogP contribution < -0.4 is 11.1 Å². The molecule has 2 aromatic rings. The third-order valence-electron chi connectivity index (χ3n) is 4.53. The van der Waals surface area contributed by atoms with Crippen molar-refractivity contribution in [3.05, 3.63) is 42.1 Å². The number of likely N-dealkylation sites (tertiary alicyclic amines) is 1. The molecule has 7 nitrogen and oxygen atoms in total. The number of piperidine rings is 1. The smallest absolute Gasteiger partial charge is 0.409 e. The Balaban J connectivity index is 1.54. The predicted molar refractivity (Wildman–Crippen MR) is 102 cm³/mol. The summed E-state index contributed by atoms with van der Waals surface area (Å²) >= 11 is 0. The summed E-state index contributed by atoms with van der Waals surface area (Å²) in [5, 5.41) is 4.35. The van der Waals surface area contributed by atoms with Gasteiger partial charge in [-0.3, -0.25) is 4.98 Å². The summed E-state index contributed by atoms with van der Waals surface area (Å²) in [5.41, 5.74) is 8.11. The molecular formula is C19H25N5O2. The number of aliphatic imine (C=N–C) groups is 1. The molecular weight excluding hydrogens is 330 g/mol. The van der Waals surface area contributed by atoms with Crippen molar-refractivity contribution < 1.29 is 9.53 Å². The SMILES string of the molecule is CCOC(=O)N1CCC(NC(N)=NCc2ccnc3ccccc23)CC1. The second-order valence-electron chi connectivity index (χ2n) is 6.29. The highest BCUT2D eigenvalue weighted by molar-refractivity contribution is 5.82. The van der Waals surface area contributed by atoms with Crippen LogP contribution in [0.1, 0.15) is 25.3 Å². The number of pyridine rings is 1. The van der Waals surface area contributed by atoms with Crippen molar-refractivity contribution in [2.24, 2.45) is 10.7 Å². The highest BCUT2D eigenvalue weighted by Crippen LogP contribution is 2.17. The number of guanidine groups is 1. The fourth-order valence-corrected chi connectivity index (χ4v) is 3.14. The average Bonchev–Trinajstić information content (AvgIpc) is 2.67. The molecule has 1 aromatic heterocycles. The number of carbonyl (C=O) groups is 1. The molecule has 138 valence electrons. The van der Waals surface area contributed by atoms with Crippen molar-refractivity contribution in [3.8, 4) is 0 Å². The topological polar surface area (TPSA) is 92.8 Å². The van der Waals surface area contributed by atoms with Gasteiger partial charge in [0.2, 0.25) is 0 Å². The van der Waals surface area contributed by atoms with E-state index in [1.807, 2.05) is 37.3 Å². The molecule has 0 atom stereocenters. The largest absolute Gasteiger partial charge is 0.450 e. The molecule has 2 heterocycles. The lowest BCUT2D eigenvalue weighted by molar-refractivity contribution is 0.0963. The monoisotopic (exact) mass is 355 g/mol. The van der Waals surface area contributed by atoms with Gasteiger partial charge in [0.1, 0.15) is 0 Å². The van der Waals surface area contributed by atoms with E-state index in [0.717, 1.165) is 29.3 Å². The highest BCUT2D eigenvalue weighted by atomic mass is 16.6. The number of rotatable bonds is 4. The quantitative estimate of drug-likeness (QED) is 0.648. The number of aromatic nitrogens is 1. The van der Waals surface area contributed by atoms with E-state index in [-0.39, 0.29) is 12.1 Å². The van der Waals surface area contributed by atoms with E-state index in [9.17, 15) is 4.79 Å². The molecule has 1 saturated heterocycles. The van der Waals surface area contributed by atoms with E-state index < -0.39 is 0 Å². The number of nitrogens with one attached hydrogen (secondary N) is 1. The van der Waals surface area contributed by atoms with Crippen LogP contribution in [0.3, 0.4) is 0 Å². The molecule has 0 spiro atoms. The molecule has 1 aliphatic heterocycles. The minimum Gasteiger partial charge on any atom is -0.450 e. The van der Waals surface area contributed by atoms with Crippen LogP contribution in [0.25, 0.3) is 10.9 Å². The summed E-state index contributed by atoms with van der Waals surface area (Å²) < 4.78 is 5.03. The molecule has 1 fully saturated rings. The number of para-hydroxylation sites is 1. The van der Waals surface area contributed by atoms with E-state index >= 15 is 0 Å². The van der Waals surface area contributed by atoms with Crippen molar-refractivity contribution in [2.75, 3.05) is 19.7 Å². The van der Waals surface area contributed by atoms with E-state index in [2.05, 4.69) is 15.3 Å². The molecule has 0 saturated carbocycles. The lowest BCUT2D eigenvalue weighted by Crippen LogP contribution is -2.48. The summed E-state index contributed by atoms with van der Waals surface area (Å²) in [7, 11) is 0. The normalized spacial score (nSPS) is 15.9. The van der Waals surface area contributed by atoms with Gasteiger partial charge in [0.15, 0.2) is 5.96 Å². The first-order valence-corrected chi connectivity index (χ1v) is 8.98. The molecule has 0 aliphatic carbocycles. The molecule has 7 heteroatoms. The number of amides is 1. The maximum absolute atomic E-state index is 11.7. The maximum atomic E-state index is 11.7. The third-order valence-corrected chi connectivity index (χ3v) is 4.53. The molecule has 26 heavy (non-hydrogen) atoms. The number of fused-ring (bicyclic) bond motifs is 1. The molecule has 0 radical (unpaired) electrons. The molecule has 1 aliphatic rings. The fraction of sp³-hybridized carbons (Fsp3) is 0.421. The van der Waals surface area contributed by atoms with E-state index in [0.29, 0.717) is 32.2 Å². The average molecular weight is 355 g/mol. The summed E-state index contributed by atoms with van der Waals surface area (Å²) in [6, 6.07) is 10.2. The number of hydrogen-bond donors (Lipinski definition) is 2. The Bertz CT molecular complexity index is 779. The van der Waals surface area contributed by atoms with Crippen molar-refractivity contribution in [2.45, 2.75) is 32.4 Å². The van der Waals surface area contributed by atoms with Crippen molar-refractivity contribution in [3.63, 3.8) is 0 Å². The van der Waals surface area contributed by atoms with Gasteiger partial charge >= 0.3 is 6.09 Å². The zero-order valence-electron chi connectivity index (χ0n) is 15.0. The Kier molecular flexibility index (Phi) is 5.88. The Hall–Kier alpha value is -2.83. The Morgan fingerprint density at radius 1 is 1.35 bits per heavy atom. The minimum atomic E-state index is -0.239. The molecule has 3 N–H and O–H groups in total. The number of nitrogens with zero attached hydrogens (tertiary/aromatic N) is 3. The van der Waals surface area contributed by atoms with Gasteiger partial charge in [-0.2, -0.15) is 0 Å². The van der Waals surface area contributed by atoms with Gasteiger partial charge in [-0.25, -0.2) is 9.79 Å². The number of carbonyl (C=O) groups excluding carboxylic acids is 1. The van der Waals surface area contributed by atoms with E-state index in [1.54, 1.807) is 11.1 Å². The molecule has 1 amide bonds. The van der Waals surface area contributed by atoms with Gasteiger partial charge in [-0.05, 0) is 37.5 Å². The molecule has 0 bridgehead atoms. The van der Waals surface area contributed by atoms with Crippen LogP contribution in [0.5, 0.6) is 0 Å². The third kappa shape index (κ3) is 4.41. The standard InChI is InChI=1S/C19H25N5O2/c1-2-26-19(25)24-11-8-15(9-12-24)23-18(20)22-13-14-7-10-21-17-6-4-3-5-16(14)17/h3-7,10,15H,2,8-9,11-13H2,1H3,(H3,20,22,23). The molecule has 3 rings (SSSR count). The van der Waals surface area contributed by atoms with Crippen LogP contribution in [0.15, 0.2) is 41.5 Å². The van der Waals surface area contributed by atoms with Crippen molar-refractivity contribution in [1.29, 1.82) is 0 Å². The summed E-state index contributed by atoms with van der Waals surface area (Å²) in [5.74, 6) is 0.431. The van der Waals surface area contributed by atoms with Crippen molar-refractivity contribution in [1.82, 2.24) is 15.2 Å². The Morgan fingerprint density at radius 3 is 2.88 bits per heavy atom. The number of ether oxygens (including phenoxy) is 1. The van der Waals surface area contributed by atoms with Crippen LogP contribution in [-0.2, 0) is 11.3 Å². The van der Waals surface area contributed by atoms with E-state index in [4.69, 9.17) is 10.5 Å².